The summed E-state index contributed by atoms with van der Waals surface area (Å²) in [7, 11) is 1.68. The van der Waals surface area contributed by atoms with Crippen LogP contribution in [0.3, 0.4) is 0 Å². The molecule has 0 spiro atoms. The van der Waals surface area contributed by atoms with E-state index in [1.165, 1.54) is 5.69 Å². The molecule has 2 heterocycles. The maximum Gasteiger partial charge on any atom is 0.251 e. The standard InChI is InChI=1S/C28H27ClN4O2/c1-35-25-10-8-24(9-11-25)32-14-16-33(17-15-32)27-26-18-22(5-4-21(26)12-13-30-27)28(34)31-19-20-2-6-23(29)7-3-20/h2-13,18H,14-17,19H2,1H3,(H,31,34). The number of piperazine rings is 1. The molecule has 1 saturated heterocycles. The Morgan fingerprint density at radius 1 is 0.943 bits per heavy atom. The minimum Gasteiger partial charge on any atom is -0.497 e. The maximum atomic E-state index is 12.9. The van der Waals surface area contributed by atoms with Crippen LogP contribution in [0.25, 0.3) is 10.8 Å². The van der Waals surface area contributed by atoms with Crippen LogP contribution in [0.2, 0.25) is 5.02 Å². The maximum absolute atomic E-state index is 12.9. The monoisotopic (exact) mass is 486 g/mol. The molecule has 35 heavy (non-hydrogen) atoms. The quantitative estimate of drug-likeness (QED) is 0.408. The number of methoxy groups -OCH3 is 1. The van der Waals surface area contributed by atoms with Crippen molar-refractivity contribution in [2.45, 2.75) is 6.54 Å². The van der Waals surface area contributed by atoms with Gasteiger partial charge in [0.25, 0.3) is 5.91 Å². The van der Waals surface area contributed by atoms with Crippen molar-refractivity contribution in [3.63, 3.8) is 0 Å². The van der Waals surface area contributed by atoms with Crippen LogP contribution in [-0.2, 0) is 6.54 Å². The van der Waals surface area contributed by atoms with Gasteiger partial charge in [-0.2, -0.15) is 0 Å². The van der Waals surface area contributed by atoms with E-state index >= 15 is 0 Å². The van der Waals surface area contributed by atoms with Crippen LogP contribution in [0.4, 0.5) is 11.5 Å². The smallest absolute Gasteiger partial charge is 0.251 e. The highest BCUT2D eigenvalue weighted by atomic mass is 35.5. The molecule has 1 N–H and O–H groups in total. The summed E-state index contributed by atoms with van der Waals surface area (Å²) >= 11 is 5.95. The third-order valence-electron chi connectivity index (χ3n) is 6.39. The number of nitrogens with one attached hydrogen (secondary N) is 1. The van der Waals surface area contributed by atoms with Gasteiger partial charge in [0.05, 0.1) is 7.11 Å². The first-order valence-electron chi connectivity index (χ1n) is 11.7. The number of benzene rings is 3. The van der Waals surface area contributed by atoms with Gasteiger partial charge in [-0.25, -0.2) is 4.98 Å². The Hall–Kier alpha value is -3.77. The lowest BCUT2D eigenvalue weighted by Gasteiger charge is -2.37. The van der Waals surface area contributed by atoms with E-state index in [-0.39, 0.29) is 5.91 Å². The van der Waals surface area contributed by atoms with Gasteiger partial charge in [0, 0.05) is 60.6 Å². The number of pyridine rings is 1. The molecule has 0 atom stereocenters. The summed E-state index contributed by atoms with van der Waals surface area (Å²) in [5.41, 5.74) is 2.81. The van der Waals surface area contributed by atoms with E-state index in [0.29, 0.717) is 17.1 Å². The van der Waals surface area contributed by atoms with Crippen molar-refractivity contribution in [3.05, 3.63) is 95.1 Å². The second kappa shape index (κ2) is 10.2. The molecule has 1 amide bonds. The molecule has 4 aromatic rings. The first kappa shape index (κ1) is 23.0. The zero-order valence-electron chi connectivity index (χ0n) is 19.6. The van der Waals surface area contributed by atoms with Gasteiger partial charge in [0.1, 0.15) is 11.6 Å². The van der Waals surface area contributed by atoms with E-state index in [1.54, 1.807) is 7.11 Å². The topological polar surface area (TPSA) is 57.7 Å². The van der Waals surface area contributed by atoms with E-state index in [0.717, 1.165) is 54.1 Å². The number of hydrogen-bond donors (Lipinski definition) is 1. The van der Waals surface area contributed by atoms with Crippen LogP contribution >= 0.6 is 11.6 Å². The number of carbonyl (C=O) groups excluding carboxylic acids is 1. The average Bonchev–Trinajstić information content (AvgIpc) is 2.92. The Labute approximate surface area is 210 Å². The summed E-state index contributed by atoms with van der Waals surface area (Å²) in [6.07, 6.45) is 1.84. The predicted molar refractivity (Wildman–Crippen MR) is 142 cm³/mol. The summed E-state index contributed by atoms with van der Waals surface area (Å²) in [5, 5.41) is 5.74. The number of nitrogens with zero attached hydrogens (tertiary/aromatic N) is 3. The lowest BCUT2D eigenvalue weighted by molar-refractivity contribution is 0.0951. The number of carbonyl (C=O) groups is 1. The van der Waals surface area contributed by atoms with Gasteiger partial charge in [0.2, 0.25) is 0 Å². The van der Waals surface area contributed by atoms with Crippen molar-refractivity contribution in [3.8, 4) is 5.75 Å². The fourth-order valence-corrected chi connectivity index (χ4v) is 4.53. The van der Waals surface area contributed by atoms with E-state index in [2.05, 4.69) is 27.2 Å². The molecular weight excluding hydrogens is 460 g/mol. The Morgan fingerprint density at radius 3 is 2.37 bits per heavy atom. The summed E-state index contributed by atoms with van der Waals surface area (Å²) < 4.78 is 5.27. The van der Waals surface area contributed by atoms with E-state index in [4.69, 9.17) is 21.3 Å². The van der Waals surface area contributed by atoms with Gasteiger partial charge in [-0.05, 0) is 65.5 Å². The summed E-state index contributed by atoms with van der Waals surface area (Å²) in [6.45, 7) is 3.94. The number of amides is 1. The van der Waals surface area contributed by atoms with Crippen molar-refractivity contribution in [2.75, 3.05) is 43.1 Å². The second-order valence-corrected chi connectivity index (χ2v) is 8.99. The highest BCUT2D eigenvalue weighted by Crippen LogP contribution is 2.28. The molecular formula is C28H27ClN4O2. The molecule has 1 fully saturated rings. The summed E-state index contributed by atoms with van der Waals surface area (Å²) in [5.74, 6) is 1.67. The zero-order chi connectivity index (χ0) is 24.2. The molecule has 0 saturated carbocycles. The molecule has 1 aliphatic rings. The van der Waals surface area contributed by atoms with Crippen LogP contribution in [-0.4, -0.2) is 44.2 Å². The molecule has 3 aromatic carbocycles. The fourth-order valence-electron chi connectivity index (χ4n) is 4.40. The highest BCUT2D eigenvalue weighted by Gasteiger charge is 2.20. The number of hydrogen-bond acceptors (Lipinski definition) is 5. The van der Waals surface area contributed by atoms with E-state index < -0.39 is 0 Å². The molecule has 1 aromatic heterocycles. The van der Waals surface area contributed by atoms with Crippen molar-refractivity contribution in [2.24, 2.45) is 0 Å². The van der Waals surface area contributed by atoms with Gasteiger partial charge in [-0.15, -0.1) is 0 Å². The van der Waals surface area contributed by atoms with Crippen LogP contribution < -0.4 is 19.9 Å². The number of rotatable bonds is 6. The Kier molecular flexibility index (Phi) is 6.73. The molecule has 0 bridgehead atoms. The lowest BCUT2D eigenvalue weighted by Crippen LogP contribution is -2.46. The number of ether oxygens (including phenoxy) is 1. The van der Waals surface area contributed by atoms with Crippen LogP contribution in [0.5, 0.6) is 5.75 Å². The number of aromatic nitrogens is 1. The Bertz CT molecular complexity index is 1320. The fraction of sp³-hybridized carbons (Fsp3) is 0.214. The average molecular weight is 487 g/mol. The molecule has 6 nitrogen and oxygen atoms in total. The lowest BCUT2D eigenvalue weighted by atomic mass is 10.1. The van der Waals surface area contributed by atoms with Gasteiger partial charge in [-0.1, -0.05) is 29.8 Å². The third kappa shape index (κ3) is 5.17. The van der Waals surface area contributed by atoms with Crippen molar-refractivity contribution < 1.29 is 9.53 Å². The molecule has 1 aliphatic heterocycles. The zero-order valence-corrected chi connectivity index (χ0v) is 20.3. The largest absolute Gasteiger partial charge is 0.497 e. The van der Waals surface area contributed by atoms with E-state index in [9.17, 15) is 4.79 Å². The predicted octanol–water partition coefficient (Wildman–Crippen LogP) is 5.15. The number of fused-ring (bicyclic) bond motifs is 1. The van der Waals surface area contributed by atoms with Gasteiger partial charge < -0.3 is 19.9 Å². The summed E-state index contributed by atoms with van der Waals surface area (Å²) in [4.78, 5) is 22.3. The summed E-state index contributed by atoms with van der Waals surface area (Å²) in [6, 6.07) is 23.5. The molecule has 178 valence electrons. The van der Waals surface area contributed by atoms with Crippen molar-refractivity contribution in [1.29, 1.82) is 0 Å². The first-order chi connectivity index (χ1) is 17.1. The highest BCUT2D eigenvalue weighted by molar-refractivity contribution is 6.30. The molecule has 5 rings (SSSR count). The minimum absolute atomic E-state index is 0.110. The number of halogens is 1. The number of anilines is 2. The molecule has 7 heteroatoms. The van der Waals surface area contributed by atoms with Gasteiger partial charge in [-0.3, -0.25) is 4.79 Å². The van der Waals surface area contributed by atoms with E-state index in [1.807, 2.05) is 66.9 Å². The minimum atomic E-state index is -0.110. The molecule has 0 aliphatic carbocycles. The first-order valence-corrected chi connectivity index (χ1v) is 12.0. The molecule has 0 radical (unpaired) electrons. The van der Waals surface area contributed by atoms with Gasteiger partial charge in [0.15, 0.2) is 0 Å². The van der Waals surface area contributed by atoms with Crippen molar-refractivity contribution >= 4 is 39.8 Å². The SMILES string of the molecule is COc1ccc(N2CCN(c3nccc4ccc(C(=O)NCc5ccc(Cl)cc5)cc34)CC2)cc1. The Morgan fingerprint density at radius 2 is 1.66 bits per heavy atom. The second-order valence-electron chi connectivity index (χ2n) is 8.55. The van der Waals surface area contributed by atoms with Crippen LogP contribution in [0.1, 0.15) is 15.9 Å². The van der Waals surface area contributed by atoms with Crippen LogP contribution in [0.15, 0.2) is 79.0 Å². The third-order valence-corrected chi connectivity index (χ3v) is 6.64. The van der Waals surface area contributed by atoms with Crippen molar-refractivity contribution in [1.82, 2.24) is 10.3 Å². The molecule has 0 unspecified atom stereocenters. The normalized spacial score (nSPS) is 13.7. The van der Waals surface area contributed by atoms with Gasteiger partial charge >= 0.3 is 0 Å². The van der Waals surface area contributed by atoms with Crippen LogP contribution in [0, 0.1) is 0 Å². The Balaban J connectivity index is 1.30.